The Hall–Kier alpha value is -4.59. The highest BCUT2D eigenvalue weighted by Crippen LogP contribution is 2.33. The number of hydrazone groups is 1. The fourth-order valence-electron chi connectivity index (χ4n) is 3.48. The molecule has 35 heavy (non-hydrogen) atoms. The molecule has 0 aliphatic carbocycles. The van der Waals surface area contributed by atoms with E-state index in [9.17, 15) is 0 Å². The molecule has 0 aliphatic heterocycles. The zero-order valence-corrected chi connectivity index (χ0v) is 20.0. The second kappa shape index (κ2) is 11.0. The molecule has 0 fully saturated rings. The van der Waals surface area contributed by atoms with Gasteiger partial charge in [0, 0.05) is 22.8 Å². The normalized spacial score (nSPS) is 10.7. The third-order valence-electron chi connectivity index (χ3n) is 5.28. The maximum Gasteiger partial charge on any atom is 0.244 e. The molecule has 178 valence electrons. The number of hydrogen-bond donors (Lipinski definition) is 1. The summed E-state index contributed by atoms with van der Waals surface area (Å²) in [6.45, 7) is 0. The van der Waals surface area contributed by atoms with E-state index in [1.807, 2.05) is 66.7 Å². The van der Waals surface area contributed by atoms with Crippen molar-refractivity contribution in [2.75, 3.05) is 33.9 Å². The Morgan fingerprint density at radius 3 is 2.06 bits per heavy atom. The molecule has 0 aliphatic rings. The Balaban J connectivity index is 1.70. The predicted molar refractivity (Wildman–Crippen MR) is 137 cm³/mol. The SMILES string of the molecule is COc1ccc(/C=N\Nc2nc(-c3ccccc3)cc(-c3ccc(OC)c(OC)c3)n2)c(OC)c1. The summed E-state index contributed by atoms with van der Waals surface area (Å²) in [5.41, 5.74) is 7.00. The lowest BCUT2D eigenvalue weighted by atomic mass is 10.1. The van der Waals surface area contributed by atoms with E-state index in [-0.39, 0.29) is 0 Å². The van der Waals surface area contributed by atoms with Gasteiger partial charge in [0.15, 0.2) is 11.5 Å². The molecule has 0 amide bonds. The second-order valence-electron chi connectivity index (χ2n) is 7.38. The maximum atomic E-state index is 5.47. The molecule has 0 spiro atoms. The van der Waals surface area contributed by atoms with E-state index < -0.39 is 0 Å². The molecule has 0 radical (unpaired) electrons. The molecule has 1 N–H and O–H groups in total. The van der Waals surface area contributed by atoms with Gasteiger partial charge in [-0.25, -0.2) is 15.4 Å². The second-order valence-corrected chi connectivity index (χ2v) is 7.38. The average Bonchev–Trinajstić information content (AvgIpc) is 2.93. The molecule has 0 saturated carbocycles. The smallest absolute Gasteiger partial charge is 0.244 e. The summed E-state index contributed by atoms with van der Waals surface area (Å²) in [7, 11) is 6.41. The van der Waals surface area contributed by atoms with Crippen molar-refractivity contribution in [3.8, 4) is 45.5 Å². The lowest BCUT2D eigenvalue weighted by molar-refractivity contribution is 0.355. The molecule has 8 heteroatoms. The van der Waals surface area contributed by atoms with Gasteiger partial charge >= 0.3 is 0 Å². The van der Waals surface area contributed by atoms with Gasteiger partial charge in [-0.05, 0) is 36.4 Å². The number of anilines is 1. The predicted octanol–water partition coefficient (Wildman–Crippen LogP) is 5.29. The molecular formula is C27H26N4O4. The molecule has 1 heterocycles. The van der Waals surface area contributed by atoms with Crippen molar-refractivity contribution in [1.82, 2.24) is 9.97 Å². The standard InChI is InChI=1S/C27H26N4O4/c1-32-21-12-10-20(25(15-21)34-3)17-28-31-27-29-22(18-8-6-5-7-9-18)16-23(30-27)19-11-13-24(33-2)26(14-19)35-4/h5-17H,1-4H3,(H,29,30,31)/b28-17-. The number of benzene rings is 3. The molecule has 0 saturated heterocycles. The van der Waals surface area contributed by atoms with Crippen molar-refractivity contribution in [3.05, 3.63) is 78.4 Å². The zero-order chi connectivity index (χ0) is 24.6. The van der Waals surface area contributed by atoms with Crippen molar-refractivity contribution >= 4 is 12.2 Å². The Morgan fingerprint density at radius 1 is 0.657 bits per heavy atom. The fourth-order valence-corrected chi connectivity index (χ4v) is 3.48. The molecule has 3 aromatic carbocycles. The summed E-state index contributed by atoms with van der Waals surface area (Å²) in [6.07, 6.45) is 1.65. The zero-order valence-electron chi connectivity index (χ0n) is 20.0. The minimum atomic E-state index is 0.347. The van der Waals surface area contributed by atoms with Gasteiger partial charge < -0.3 is 18.9 Å². The van der Waals surface area contributed by atoms with Gasteiger partial charge in [-0.15, -0.1) is 0 Å². The monoisotopic (exact) mass is 470 g/mol. The van der Waals surface area contributed by atoms with Crippen LogP contribution in [-0.4, -0.2) is 44.6 Å². The lowest BCUT2D eigenvalue weighted by Crippen LogP contribution is -2.01. The van der Waals surface area contributed by atoms with Crippen molar-refractivity contribution < 1.29 is 18.9 Å². The van der Waals surface area contributed by atoms with Crippen LogP contribution in [0.2, 0.25) is 0 Å². The fraction of sp³-hybridized carbons (Fsp3) is 0.148. The van der Waals surface area contributed by atoms with Crippen LogP contribution in [0.1, 0.15) is 5.56 Å². The molecule has 1 aromatic heterocycles. The van der Waals surface area contributed by atoms with Gasteiger partial charge in [0.1, 0.15) is 11.5 Å². The van der Waals surface area contributed by atoms with Gasteiger partial charge in [0.05, 0.1) is 46.0 Å². The summed E-state index contributed by atoms with van der Waals surface area (Å²) in [5, 5.41) is 4.34. The van der Waals surface area contributed by atoms with E-state index in [0.29, 0.717) is 34.6 Å². The number of aromatic nitrogens is 2. The Labute approximate surface area is 204 Å². The molecule has 0 bridgehead atoms. The van der Waals surface area contributed by atoms with Gasteiger partial charge in [-0.1, -0.05) is 30.3 Å². The van der Waals surface area contributed by atoms with Crippen LogP contribution >= 0.6 is 0 Å². The van der Waals surface area contributed by atoms with Crippen LogP contribution in [0, 0.1) is 0 Å². The van der Waals surface area contributed by atoms with Crippen LogP contribution in [0.4, 0.5) is 5.95 Å². The van der Waals surface area contributed by atoms with Gasteiger partial charge in [-0.2, -0.15) is 5.10 Å². The third-order valence-corrected chi connectivity index (χ3v) is 5.28. The van der Waals surface area contributed by atoms with Gasteiger partial charge in [-0.3, -0.25) is 0 Å². The van der Waals surface area contributed by atoms with Crippen LogP contribution in [0.15, 0.2) is 77.9 Å². The van der Waals surface area contributed by atoms with Gasteiger partial charge in [0.2, 0.25) is 5.95 Å². The Morgan fingerprint density at radius 2 is 1.37 bits per heavy atom. The van der Waals surface area contributed by atoms with Crippen LogP contribution in [0.25, 0.3) is 22.5 Å². The summed E-state index contributed by atoms with van der Waals surface area (Å²) in [4.78, 5) is 9.34. The number of methoxy groups -OCH3 is 4. The van der Waals surface area contributed by atoms with Crippen LogP contribution in [0.3, 0.4) is 0 Å². The molecule has 0 unspecified atom stereocenters. The maximum absolute atomic E-state index is 5.47. The number of nitrogens with zero attached hydrogens (tertiary/aromatic N) is 3. The topological polar surface area (TPSA) is 87.1 Å². The van der Waals surface area contributed by atoms with E-state index in [0.717, 1.165) is 22.4 Å². The third kappa shape index (κ3) is 5.50. The molecule has 0 atom stereocenters. The summed E-state index contributed by atoms with van der Waals surface area (Å²) < 4.78 is 21.5. The molecular weight excluding hydrogens is 444 g/mol. The summed E-state index contributed by atoms with van der Waals surface area (Å²) in [6, 6.07) is 23.0. The van der Waals surface area contributed by atoms with Crippen molar-refractivity contribution in [2.45, 2.75) is 0 Å². The van der Waals surface area contributed by atoms with E-state index in [1.165, 1.54) is 0 Å². The highest BCUT2D eigenvalue weighted by atomic mass is 16.5. The Bertz CT molecular complexity index is 1330. The van der Waals surface area contributed by atoms with Crippen LogP contribution < -0.4 is 24.4 Å². The van der Waals surface area contributed by atoms with E-state index in [4.69, 9.17) is 18.9 Å². The highest BCUT2D eigenvalue weighted by molar-refractivity contribution is 5.84. The van der Waals surface area contributed by atoms with Crippen molar-refractivity contribution in [3.63, 3.8) is 0 Å². The largest absolute Gasteiger partial charge is 0.497 e. The average molecular weight is 471 g/mol. The quantitative estimate of drug-likeness (QED) is 0.263. The molecule has 4 aromatic rings. The first-order valence-corrected chi connectivity index (χ1v) is 10.8. The number of rotatable bonds is 9. The molecule has 8 nitrogen and oxygen atoms in total. The van der Waals surface area contributed by atoms with Gasteiger partial charge in [0.25, 0.3) is 0 Å². The number of ether oxygens (including phenoxy) is 4. The minimum absolute atomic E-state index is 0.347. The van der Waals surface area contributed by atoms with E-state index in [2.05, 4.69) is 20.5 Å². The first kappa shape index (κ1) is 23.6. The lowest BCUT2D eigenvalue weighted by Gasteiger charge is -2.11. The molecule has 4 rings (SSSR count). The van der Waals surface area contributed by atoms with Crippen molar-refractivity contribution in [2.24, 2.45) is 5.10 Å². The van der Waals surface area contributed by atoms with E-state index >= 15 is 0 Å². The number of nitrogens with one attached hydrogen (secondary N) is 1. The number of hydrogen-bond acceptors (Lipinski definition) is 8. The summed E-state index contributed by atoms with van der Waals surface area (Å²) in [5.74, 6) is 2.94. The van der Waals surface area contributed by atoms with Crippen LogP contribution in [-0.2, 0) is 0 Å². The van der Waals surface area contributed by atoms with Crippen molar-refractivity contribution in [1.29, 1.82) is 0 Å². The summed E-state index contributed by atoms with van der Waals surface area (Å²) >= 11 is 0. The van der Waals surface area contributed by atoms with Crippen LogP contribution in [0.5, 0.6) is 23.0 Å². The Kier molecular flexibility index (Phi) is 7.42. The van der Waals surface area contributed by atoms with E-state index in [1.54, 1.807) is 40.7 Å². The first-order valence-electron chi connectivity index (χ1n) is 10.8. The first-order chi connectivity index (χ1) is 17.1. The minimum Gasteiger partial charge on any atom is -0.497 e. The highest BCUT2D eigenvalue weighted by Gasteiger charge is 2.12.